The number of nitro benzene ring substituents is 1. The van der Waals surface area contributed by atoms with Gasteiger partial charge in [0.15, 0.2) is 5.70 Å². The smallest absolute Gasteiger partial charge is 0.363 e. The van der Waals surface area contributed by atoms with Crippen molar-refractivity contribution in [3.63, 3.8) is 0 Å². The van der Waals surface area contributed by atoms with Gasteiger partial charge in [-0.1, -0.05) is 15.9 Å². The van der Waals surface area contributed by atoms with Crippen molar-refractivity contribution in [2.24, 2.45) is 4.99 Å². The highest BCUT2D eigenvalue weighted by molar-refractivity contribution is 9.10. The van der Waals surface area contributed by atoms with Crippen LogP contribution in [0.2, 0.25) is 0 Å². The van der Waals surface area contributed by atoms with Crippen LogP contribution in [-0.2, 0) is 9.53 Å². The average Bonchev–Trinajstić information content (AvgIpc) is 2.95. The maximum absolute atomic E-state index is 12.1. The van der Waals surface area contributed by atoms with E-state index in [0.29, 0.717) is 22.4 Å². The molecule has 2 aromatic rings. The lowest BCUT2D eigenvalue weighted by atomic mass is 10.1. The SMILES string of the molecule is COc1ccc(Br)cc1/C=C1/N=C(c2ccc([N+](=O)[O-])c(C)c2)OC1=O. The van der Waals surface area contributed by atoms with E-state index in [9.17, 15) is 14.9 Å². The molecule has 0 aliphatic carbocycles. The summed E-state index contributed by atoms with van der Waals surface area (Å²) < 4.78 is 11.3. The molecule has 0 atom stereocenters. The Morgan fingerprint density at radius 1 is 1.27 bits per heavy atom. The Morgan fingerprint density at radius 2 is 2.04 bits per heavy atom. The summed E-state index contributed by atoms with van der Waals surface area (Å²) in [5.74, 6) is 0.0922. The van der Waals surface area contributed by atoms with E-state index in [0.717, 1.165) is 4.47 Å². The number of aliphatic imine (C=N–C) groups is 1. The summed E-state index contributed by atoms with van der Waals surface area (Å²) in [4.78, 5) is 26.8. The van der Waals surface area contributed by atoms with E-state index in [1.54, 1.807) is 31.2 Å². The predicted octanol–water partition coefficient (Wildman–Crippen LogP) is 4.02. The minimum absolute atomic E-state index is 0.00619. The third kappa shape index (κ3) is 3.50. The number of cyclic esters (lactones) is 1. The van der Waals surface area contributed by atoms with Crippen LogP contribution in [0.5, 0.6) is 5.75 Å². The van der Waals surface area contributed by atoms with Crippen LogP contribution in [0, 0.1) is 17.0 Å². The van der Waals surface area contributed by atoms with Crippen molar-refractivity contribution in [2.75, 3.05) is 7.11 Å². The molecule has 0 fully saturated rings. The first-order valence-corrected chi connectivity index (χ1v) is 8.30. The highest BCUT2D eigenvalue weighted by Crippen LogP contribution is 2.28. The standard InChI is InChI=1S/C18H13BrN2O5/c1-10-7-11(3-5-15(10)21(23)24)17-20-14(18(22)26-17)9-12-8-13(19)4-6-16(12)25-2/h3-9H,1-2H3/b14-9+. The average molecular weight is 417 g/mol. The molecule has 8 heteroatoms. The molecule has 1 heterocycles. The molecule has 7 nitrogen and oxygen atoms in total. The van der Waals surface area contributed by atoms with E-state index in [1.165, 1.54) is 19.2 Å². The van der Waals surface area contributed by atoms with Crippen molar-refractivity contribution in [3.05, 3.63) is 73.4 Å². The Morgan fingerprint density at radius 3 is 2.69 bits per heavy atom. The van der Waals surface area contributed by atoms with Gasteiger partial charge in [-0.15, -0.1) is 0 Å². The zero-order chi connectivity index (χ0) is 18.8. The molecule has 0 aromatic heterocycles. The van der Waals surface area contributed by atoms with Gasteiger partial charge in [0.1, 0.15) is 5.75 Å². The first kappa shape index (κ1) is 17.8. The van der Waals surface area contributed by atoms with Gasteiger partial charge in [-0.2, -0.15) is 0 Å². The zero-order valence-corrected chi connectivity index (χ0v) is 15.4. The normalized spacial score (nSPS) is 15.0. The largest absolute Gasteiger partial charge is 0.496 e. The van der Waals surface area contributed by atoms with Gasteiger partial charge in [0, 0.05) is 27.2 Å². The fraction of sp³-hybridized carbons (Fsp3) is 0.111. The quantitative estimate of drug-likeness (QED) is 0.324. The Labute approximate surface area is 157 Å². The molecular weight excluding hydrogens is 404 g/mol. The van der Waals surface area contributed by atoms with Crippen LogP contribution < -0.4 is 4.74 Å². The van der Waals surface area contributed by atoms with Crippen molar-refractivity contribution in [1.82, 2.24) is 0 Å². The number of benzene rings is 2. The van der Waals surface area contributed by atoms with Crippen LogP contribution in [0.25, 0.3) is 6.08 Å². The number of hydrogen-bond acceptors (Lipinski definition) is 6. The molecule has 26 heavy (non-hydrogen) atoms. The van der Waals surface area contributed by atoms with Crippen molar-refractivity contribution in [3.8, 4) is 5.75 Å². The van der Waals surface area contributed by atoms with E-state index in [-0.39, 0.29) is 17.3 Å². The lowest BCUT2D eigenvalue weighted by molar-refractivity contribution is -0.385. The summed E-state index contributed by atoms with van der Waals surface area (Å²) in [6.07, 6.45) is 1.57. The number of halogens is 1. The predicted molar refractivity (Wildman–Crippen MR) is 99.1 cm³/mol. The molecule has 1 aliphatic heterocycles. The molecule has 0 amide bonds. The minimum Gasteiger partial charge on any atom is -0.496 e. The summed E-state index contributed by atoms with van der Waals surface area (Å²) in [6.45, 7) is 1.61. The Bertz CT molecular complexity index is 982. The van der Waals surface area contributed by atoms with Crippen LogP contribution in [-0.4, -0.2) is 23.9 Å². The van der Waals surface area contributed by atoms with Crippen LogP contribution in [0.15, 0.2) is 51.6 Å². The monoisotopic (exact) mass is 416 g/mol. The number of aryl methyl sites for hydroxylation is 1. The molecule has 3 rings (SSSR count). The first-order chi connectivity index (χ1) is 12.4. The van der Waals surface area contributed by atoms with Gasteiger partial charge in [-0.05, 0) is 43.3 Å². The first-order valence-electron chi connectivity index (χ1n) is 7.50. The minimum atomic E-state index is -0.599. The van der Waals surface area contributed by atoms with E-state index in [1.807, 2.05) is 6.07 Å². The number of nitro groups is 1. The molecule has 0 radical (unpaired) electrons. The number of esters is 1. The maximum atomic E-state index is 12.1. The summed E-state index contributed by atoms with van der Waals surface area (Å²) in [6, 6.07) is 9.80. The number of methoxy groups -OCH3 is 1. The number of hydrogen-bond donors (Lipinski definition) is 0. The molecular formula is C18H13BrN2O5. The van der Waals surface area contributed by atoms with Crippen LogP contribution in [0.3, 0.4) is 0 Å². The second kappa shape index (κ2) is 7.09. The maximum Gasteiger partial charge on any atom is 0.363 e. The van der Waals surface area contributed by atoms with Crippen molar-refractivity contribution < 1.29 is 19.2 Å². The molecule has 132 valence electrons. The van der Waals surface area contributed by atoms with Crippen molar-refractivity contribution >= 4 is 39.6 Å². The number of carbonyl (C=O) groups excluding carboxylic acids is 1. The molecule has 0 unspecified atom stereocenters. The van der Waals surface area contributed by atoms with E-state index < -0.39 is 10.9 Å². The Kier molecular flexibility index (Phi) is 4.85. The van der Waals surface area contributed by atoms with Gasteiger partial charge < -0.3 is 9.47 Å². The van der Waals surface area contributed by atoms with E-state index in [4.69, 9.17) is 9.47 Å². The highest BCUT2D eigenvalue weighted by atomic mass is 79.9. The number of ether oxygens (including phenoxy) is 2. The fourth-order valence-electron chi connectivity index (χ4n) is 2.49. The summed E-state index contributed by atoms with van der Waals surface area (Å²) in [7, 11) is 1.53. The molecule has 0 saturated heterocycles. The van der Waals surface area contributed by atoms with Gasteiger partial charge in [-0.25, -0.2) is 9.79 Å². The van der Waals surface area contributed by atoms with Gasteiger partial charge in [0.25, 0.3) is 5.69 Å². The molecule has 0 saturated carbocycles. The third-order valence-electron chi connectivity index (χ3n) is 3.74. The van der Waals surface area contributed by atoms with Crippen molar-refractivity contribution in [2.45, 2.75) is 6.92 Å². The summed E-state index contributed by atoms with van der Waals surface area (Å²) >= 11 is 3.37. The van der Waals surface area contributed by atoms with Gasteiger partial charge in [0.2, 0.25) is 5.90 Å². The van der Waals surface area contributed by atoms with Crippen LogP contribution >= 0.6 is 15.9 Å². The Balaban J connectivity index is 1.98. The van der Waals surface area contributed by atoms with Gasteiger partial charge >= 0.3 is 5.97 Å². The molecule has 0 N–H and O–H groups in total. The number of carbonyl (C=O) groups is 1. The lowest BCUT2D eigenvalue weighted by Crippen LogP contribution is -2.06. The second-order valence-electron chi connectivity index (χ2n) is 5.48. The lowest BCUT2D eigenvalue weighted by Gasteiger charge is -2.04. The molecule has 0 spiro atoms. The van der Waals surface area contributed by atoms with Gasteiger partial charge in [-0.3, -0.25) is 10.1 Å². The topological polar surface area (TPSA) is 91.0 Å². The number of rotatable bonds is 4. The fourth-order valence-corrected chi connectivity index (χ4v) is 2.87. The summed E-state index contributed by atoms with van der Waals surface area (Å²) in [5.41, 5.74) is 1.72. The van der Waals surface area contributed by atoms with Gasteiger partial charge in [0.05, 0.1) is 12.0 Å². The van der Waals surface area contributed by atoms with Crippen LogP contribution in [0.1, 0.15) is 16.7 Å². The Hall–Kier alpha value is -3.00. The summed E-state index contributed by atoms with van der Waals surface area (Å²) in [5, 5.41) is 10.9. The second-order valence-corrected chi connectivity index (χ2v) is 6.40. The third-order valence-corrected chi connectivity index (χ3v) is 4.24. The van der Waals surface area contributed by atoms with E-state index >= 15 is 0 Å². The highest BCUT2D eigenvalue weighted by Gasteiger charge is 2.25. The molecule has 1 aliphatic rings. The van der Waals surface area contributed by atoms with E-state index in [2.05, 4.69) is 20.9 Å². The number of nitrogens with zero attached hydrogens (tertiary/aromatic N) is 2. The van der Waals surface area contributed by atoms with Crippen LogP contribution in [0.4, 0.5) is 5.69 Å². The molecule has 2 aromatic carbocycles. The van der Waals surface area contributed by atoms with Crippen molar-refractivity contribution in [1.29, 1.82) is 0 Å². The zero-order valence-electron chi connectivity index (χ0n) is 13.9. The molecule has 0 bridgehead atoms.